The van der Waals surface area contributed by atoms with Gasteiger partial charge in [0.15, 0.2) is 0 Å². The summed E-state index contributed by atoms with van der Waals surface area (Å²) in [5, 5.41) is 0.765. The Hall–Kier alpha value is -3.19. The molecule has 0 fully saturated rings. The summed E-state index contributed by atoms with van der Waals surface area (Å²) in [6.07, 6.45) is 0.130. The molecule has 0 aliphatic heterocycles. The highest BCUT2D eigenvalue weighted by Gasteiger charge is 2.16. The Balaban J connectivity index is 1.50. The molecule has 0 aliphatic carbocycles. The van der Waals surface area contributed by atoms with Gasteiger partial charge in [0, 0.05) is 5.56 Å². The molecule has 3 aromatic rings. The van der Waals surface area contributed by atoms with E-state index in [1.54, 1.807) is 6.92 Å². The van der Waals surface area contributed by atoms with Crippen molar-refractivity contribution < 1.29 is 14.3 Å². The number of hydrogen-bond acceptors (Lipinski definition) is 5. The Kier molecular flexibility index (Phi) is 6.61. The summed E-state index contributed by atoms with van der Waals surface area (Å²) in [6, 6.07) is 15.5. The average Bonchev–Trinajstić information content (AvgIpc) is 3.12. The molecule has 0 radical (unpaired) electrons. The molecule has 0 atom stereocenters. The molecule has 2 N–H and O–H groups in total. The zero-order valence-electron chi connectivity index (χ0n) is 16.6. The molecule has 2 aromatic carbocycles. The number of rotatable bonds is 6. The second-order valence-corrected chi connectivity index (χ2v) is 7.60. The van der Waals surface area contributed by atoms with E-state index in [-0.39, 0.29) is 24.8 Å². The van der Waals surface area contributed by atoms with Gasteiger partial charge in [0.25, 0.3) is 5.91 Å². The number of carbonyl (C=O) groups excluding carboxylic acids is 2. The molecule has 0 bridgehead atoms. The fourth-order valence-electron chi connectivity index (χ4n) is 2.69. The lowest BCUT2D eigenvalue weighted by Gasteiger charge is -2.11. The first-order valence-electron chi connectivity index (χ1n) is 9.26. The normalized spacial score (nSPS) is 10.4. The first-order chi connectivity index (χ1) is 14.0. The van der Waals surface area contributed by atoms with Crippen molar-refractivity contribution in [3.05, 3.63) is 70.2 Å². The van der Waals surface area contributed by atoms with Crippen molar-refractivity contribution in [2.45, 2.75) is 27.2 Å². The summed E-state index contributed by atoms with van der Waals surface area (Å²) < 4.78 is 5.67. The van der Waals surface area contributed by atoms with Crippen LogP contribution in [-0.2, 0) is 4.79 Å². The average molecular weight is 410 g/mol. The van der Waals surface area contributed by atoms with Crippen LogP contribution in [0.1, 0.15) is 32.9 Å². The quantitative estimate of drug-likeness (QED) is 0.604. The van der Waals surface area contributed by atoms with E-state index in [1.807, 2.05) is 62.4 Å². The summed E-state index contributed by atoms with van der Waals surface area (Å²) in [7, 11) is 0. The smallest absolute Gasteiger partial charge is 0.281 e. The topological polar surface area (TPSA) is 80.3 Å². The van der Waals surface area contributed by atoms with Crippen molar-refractivity contribution in [2.24, 2.45) is 0 Å². The van der Waals surface area contributed by atoms with E-state index in [2.05, 4.69) is 15.8 Å². The van der Waals surface area contributed by atoms with Crippen molar-refractivity contribution in [1.82, 2.24) is 15.8 Å². The van der Waals surface area contributed by atoms with Crippen LogP contribution < -0.4 is 15.6 Å². The maximum absolute atomic E-state index is 12.4. The number of nitrogens with zero attached hydrogens (tertiary/aromatic N) is 1. The van der Waals surface area contributed by atoms with Crippen LogP contribution in [0.25, 0.3) is 10.6 Å². The van der Waals surface area contributed by atoms with E-state index >= 15 is 0 Å². The SMILES string of the molecule is Cc1cccc(OCCC(=O)NNC(=O)c2sc(-c3ccccc3)nc2C)c1C. The zero-order valence-corrected chi connectivity index (χ0v) is 17.4. The van der Waals surface area contributed by atoms with Crippen molar-refractivity contribution >= 4 is 23.2 Å². The Morgan fingerprint density at radius 2 is 1.76 bits per heavy atom. The summed E-state index contributed by atoms with van der Waals surface area (Å²) in [5.74, 6) is 0.0515. The van der Waals surface area contributed by atoms with Crippen LogP contribution in [0.5, 0.6) is 5.75 Å². The molecule has 3 rings (SSSR count). The Labute approximate surface area is 173 Å². The van der Waals surface area contributed by atoms with Gasteiger partial charge in [-0.3, -0.25) is 20.4 Å². The van der Waals surface area contributed by atoms with Gasteiger partial charge in [-0.2, -0.15) is 0 Å². The molecule has 2 amide bonds. The lowest BCUT2D eigenvalue weighted by molar-refractivity contribution is -0.122. The van der Waals surface area contributed by atoms with E-state index in [1.165, 1.54) is 11.3 Å². The molecule has 0 aliphatic rings. The van der Waals surface area contributed by atoms with Crippen molar-refractivity contribution in [2.75, 3.05) is 6.61 Å². The van der Waals surface area contributed by atoms with Crippen LogP contribution in [0.3, 0.4) is 0 Å². The molecule has 1 aromatic heterocycles. The number of aryl methyl sites for hydroxylation is 2. The Morgan fingerprint density at radius 3 is 2.52 bits per heavy atom. The minimum Gasteiger partial charge on any atom is -0.493 e. The van der Waals surface area contributed by atoms with Crippen molar-refractivity contribution in [3.8, 4) is 16.3 Å². The molecule has 29 heavy (non-hydrogen) atoms. The Bertz CT molecular complexity index is 1020. The molecule has 0 saturated carbocycles. The number of hydrogen-bond donors (Lipinski definition) is 2. The Morgan fingerprint density at radius 1 is 1.00 bits per heavy atom. The van der Waals surface area contributed by atoms with Crippen LogP contribution in [0.2, 0.25) is 0 Å². The molecular formula is C22H23N3O3S. The highest BCUT2D eigenvalue weighted by atomic mass is 32.1. The summed E-state index contributed by atoms with van der Waals surface area (Å²) >= 11 is 1.29. The number of benzene rings is 2. The third-order valence-corrected chi connectivity index (χ3v) is 5.69. The fourth-order valence-corrected chi connectivity index (χ4v) is 3.66. The lowest BCUT2D eigenvalue weighted by atomic mass is 10.1. The monoisotopic (exact) mass is 409 g/mol. The van der Waals surface area contributed by atoms with Gasteiger partial charge in [-0.05, 0) is 38.0 Å². The van der Waals surface area contributed by atoms with E-state index in [4.69, 9.17) is 4.74 Å². The summed E-state index contributed by atoms with van der Waals surface area (Å²) in [5.41, 5.74) is 8.64. The van der Waals surface area contributed by atoms with Gasteiger partial charge in [-0.25, -0.2) is 4.98 Å². The standard InChI is InChI=1S/C22H23N3O3S/c1-14-8-7-11-18(15(14)2)28-13-12-19(26)24-25-21(27)20-16(3)23-22(29-20)17-9-5-4-6-10-17/h4-11H,12-13H2,1-3H3,(H,24,26)(H,25,27). The van der Waals surface area contributed by atoms with E-state index < -0.39 is 0 Å². The highest BCUT2D eigenvalue weighted by molar-refractivity contribution is 7.17. The van der Waals surface area contributed by atoms with Crippen LogP contribution in [0.4, 0.5) is 0 Å². The maximum Gasteiger partial charge on any atom is 0.281 e. The predicted octanol–water partition coefficient (Wildman–Crippen LogP) is 3.97. The summed E-state index contributed by atoms with van der Waals surface area (Å²) in [4.78, 5) is 29.3. The van der Waals surface area contributed by atoms with Crippen LogP contribution in [0.15, 0.2) is 48.5 Å². The first-order valence-corrected chi connectivity index (χ1v) is 10.1. The van der Waals surface area contributed by atoms with E-state index in [0.717, 1.165) is 27.4 Å². The number of nitrogens with one attached hydrogen (secondary N) is 2. The van der Waals surface area contributed by atoms with E-state index in [0.29, 0.717) is 10.6 Å². The first kappa shape index (κ1) is 20.5. The van der Waals surface area contributed by atoms with Gasteiger partial charge < -0.3 is 4.74 Å². The molecule has 150 valence electrons. The van der Waals surface area contributed by atoms with Gasteiger partial charge in [0.05, 0.1) is 18.7 Å². The third kappa shape index (κ3) is 5.20. The van der Waals surface area contributed by atoms with Crippen molar-refractivity contribution in [1.29, 1.82) is 0 Å². The number of carbonyl (C=O) groups is 2. The lowest BCUT2D eigenvalue weighted by Crippen LogP contribution is -2.42. The van der Waals surface area contributed by atoms with Gasteiger partial charge in [0.1, 0.15) is 15.6 Å². The fraction of sp³-hybridized carbons (Fsp3) is 0.227. The number of amides is 2. The second kappa shape index (κ2) is 9.34. The third-order valence-electron chi connectivity index (χ3n) is 4.48. The molecule has 7 heteroatoms. The molecule has 6 nitrogen and oxygen atoms in total. The minimum absolute atomic E-state index is 0.130. The minimum atomic E-state index is -0.383. The molecule has 0 spiro atoms. The predicted molar refractivity (Wildman–Crippen MR) is 114 cm³/mol. The number of hydrazine groups is 1. The van der Waals surface area contributed by atoms with Crippen molar-refractivity contribution in [3.63, 3.8) is 0 Å². The van der Waals surface area contributed by atoms with Crippen LogP contribution in [0, 0.1) is 20.8 Å². The van der Waals surface area contributed by atoms with Crippen LogP contribution >= 0.6 is 11.3 Å². The number of ether oxygens (including phenoxy) is 1. The molecular weight excluding hydrogens is 386 g/mol. The van der Waals surface area contributed by atoms with Gasteiger partial charge >= 0.3 is 0 Å². The zero-order chi connectivity index (χ0) is 20.8. The highest BCUT2D eigenvalue weighted by Crippen LogP contribution is 2.27. The largest absolute Gasteiger partial charge is 0.493 e. The van der Waals surface area contributed by atoms with Gasteiger partial charge in [-0.15, -0.1) is 11.3 Å². The van der Waals surface area contributed by atoms with Crippen LogP contribution in [-0.4, -0.2) is 23.4 Å². The molecule has 0 unspecified atom stereocenters. The molecule has 1 heterocycles. The number of thiazole rings is 1. The van der Waals surface area contributed by atoms with E-state index in [9.17, 15) is 9.59 Å². The summed E-state index contributed by atoms with van der Waals surface area (Å²) in [6.45, 7) is 5.99. The van der Waals surface area contributed by atoms with Gasteiger partial charge in [-0.1, -0.05) is 42.5 Å². The molecule has 0 saturated heterocycles. The maximum atomic E-state index is 12.4. The second-order valence-electron chi connectivity index (χ2n) is 6.60. The van der Waals surface area contributed by atoms with Gasteiger partial charge in [0.2, 0.25) is 5.91 Å². The number of aromatic nitrogens is 1.